The van der Waals surface area contributed by atoms with Gasteiger partial charge in [0.2, 0.25) is 0 Å². The van der Waals surface area contributed by atoms with Crippen molar-refractivity contribution in [3.05, 3.63) is 0 Å². The number of nitrogens with two attached hydrogens (primary N) is 1. The standard InChI is InChI=1S/CH4N2O2.Cu/c2-3-1(4)5;/h3H,2H2,(H,4,5);. The Hall–Kier alpha value is -0.251. The van der Waals surface area contributed by atoms with Crippen molar-refractivity contribution in [3.8, 4) is 0 Å². The number of hydrogen-bond acceptors (Lipinski definition) is 2. The van der Waals surface area contributed by atoms with Crippen molar-refractivity contribution in [3.63, 3.8) is 0 Å². The maximum Gasteiger partial charge on any atom is 0.418 e. The molecule has 0 aliphatic heterocycles. The summed E-state index contributed by atoms with van der Waals surface area (Å²) in [7, 11) is 0. The molecule has 5 heteroatoms. The molecule has 6 heavy (non-hydrogen) atoms. The van der Waals surface area contributed by atoms with E-state index < -0.39 is 6.09 Å². The first-order valence-corrected chi connectivity index (χ1v) is 0.966. The van der Waals surface area contributed by atoms with E-state index in [4.69, 9.17) is 9.90 Å². The number of amides is 1. The van der Waals surface area contributed by atoms with E-state index in [2.05, 4.69) is 5.84 Å². The zero-order valence-corrected chi connectivity index (χ0v) is 3.68. The average Bonchev–Trinajstić information content (AvgIpc) is 1.38. The number of carbonyl (C=O) groups is 1. The Bertz CT molecular complexity index is 46.8. The van der Waals surface area contributed by atoms with Gasteiger partial charge in [-0.15, -0.1) is 0 Å². The molecule has 4 N–H and O–H groups in total. The molecule has 0 aliphatic carbocycles. The Morgan fingerprint density at radius 1 is 1.83 bits per heavy atom. The van der Waals surface area contributed by atoms with Gasteiger partial charge in [-0.2, -0.15) is 0 Å². The normalized spacial score (nSPS) is 5.50. The second-order valence-corrected chi connectivity index (χ2v) is 0.449. The summed E-state index contributed by atoms with van der Waals surface area (Å²) in [6.07, 6.45) is -1.22. The smallest absolute Gasteiger partial charge is 0.418 e. The van der Waals surface area contributed by atoms with E-state index >= 15 is 0 Å². The summed E-state index contributed by atoms with van der Waals surface area (Å²) in [6.45, 7) is 0. The van der Waals surface area contributed by atoms with Crippen LogP contribution in [-0.4, -0.2) is 11.2 Å². The maximum absolute atomic E-state index is 9.13. The van der Waals surface area contributed by atoms with E-state index in [9.17, 15) is 0 Å². The van der Waals surface area contributed by atoms with Gasteiger partial charge in [0.15, 0.2) is 0 Å². The molecule has 0 unspecified atom stereocenters. The predicted molar refractivity (Wildman–Crippen MR) is 15.3 cm³/mol. The number of rotatable bonds is 0. The summed E-state index contributed by atoms with van der Waals surface area (Å²) in [5, 5.41) is 7.49. The van der Waals surface area contributed by atoms with Crippen molar-refractivity contribution in [2.24, 2.45) is 5.84 Å². The molecule has 0 aromatic heterocycles. The Labute approximate surface area is 45.2 Å². The fourth-order valence-electron chi connectivity index (χ4n) is 0. The fraction of sp³-hybridized carbons (Fsp3) is 0. The molecule has 1 radical (unpaired) electrons. The SMILES string of the molecule is NNC(=O)O.[Cu]. The molecule has 0 spiro atoms. The number of carboxylic acid groups (broad SMARTS) is 1. The third-order valence-corrected chi connectivity index (χ3v) is 0.123. The van der Waals surface area contributed by atoms with Crippen LogP contribution < -0.4 is 11.3 Å². The minimum absolute atomic E-state index is 0. The van der Waals surface area contributed by atoms with Gasteiger partial charge >= 0.3 is 6.09 Å². The van der Waals surface area contributed by atoms with Crippen LogP contribution in [-0.2, 0) is 17.1 Å². The van der Waals surface area contributed by atoms with Crippen molar-refractivity contribution in [1.29, 1.82) is 0 Å². The Morgan fingerprint density at radius 2 is 2.00 bits per heavy atom. The zero-order valence-electron chi connectivity index (χ0n) is 2.73. The second-order valence-electron chi connectivity index (χ2n) is 0.449. The van der Waals surface area contributed by atoms with Gasteiger partial charge in [-0.3, -0.25) is 5.43 Å². The van der Waals surface area contributed by atoms with E-state index in [1.54, 1.807) is 0 Å². The van der Waals surface area contributed by atoms with Crippen molar-refractivity contribution in [2.45, 2.75) is 0 Å². The molecule has 0 saturated heterocycles. The van der Waals surface area contributed by atoms with Crippen LogP contribution in [0.4, 0.5) is 4.79 Å². The van der Waals surface area contributed by atoms with Gasteiger partial charge in [0.05, 0.1) is 0 Å². The minimum Gasteiger partial charge on any atom is -0.464 e. The second kappa shape index (κ2) is 4.75. The fourth-order valence-corrected chi connectivity index (χ4v) is 0. The van der Waals surface area contributed by atoms with Crippen LogP contribution in [0, 0.1) is 0 Å². The van der Waals surface area contributed by atoms with E-state index in [-0.39, 0.29) is 17.1 Å². The van der Waals surface area contributed by atoms with Crippen LogP contribution >= 0.6 is 0 Å². The van der Waals surface area contributed by atoms with Crippen molar-refractivity contribution in [2.75, 3.05) is 0 Å². The van der Waals surface area contributed by atoms with Gasteiger partial charge in [-0.1, -0.05) is 0 Å². The van der Waals surface area contributed by atoms with Crippen LogP contribution in [0.1, 0.15) is 0 Å². The van der Waals surface area contributed by atoms with Crippen LogP contribution in [0.25, 0.3) is 0 Å². The molecular weight excluding hydrogens is 136 g/mol. The Morgan fingerprint density at radius 3 is 2.00 bits per heavy atom. The van der Waals surface area contributed by atoms with E-state index in [1.165, 1.54) is 5.43 Å². The maximum atomic E-state index is 9.13. The van der Waals surface area contributed by atoms with Gasteiger partial charge in [0, 0.05) is 17.1 Å². The van der Waals surface area contributed by atoms with E-state index in [1.807, 2.05) is 0 Å². The first-order valence-electron chi connectivity index (χ1n) is 0.966. The molecule has 0 aromatic carbocycles. The zero-order chi connectivity index (χ0) is 4.28. The molecule has 1 amide bonds. The molecular formula is CH4CuN2O2. The van der Waals surface area contributed by atoms with Gasteiger partial charge in [-0.25, -0.2) is 10.6 Å². The Kier molecular flexibility index (Phi) is 7.30. The molecule has 0 heterocycles. The minimum atomic E-state index is -1.22. The van der Waals surface area contributed by atoms with Gasteiger partial charge < -0.3 is 5.11 Å². The average molecular weight is 140 g/mol. The van der Waals surface area contributed by atoms with Crippen molar-refractivity contribution >= 4 is 6.09 Å². The first kappa shape index (κ1) is 9.23. The number of hydrogen-bond donors (Lipinski definition) is 3. The molecule has 41 valence electrons. The summed E-state index contributed by atoms with van der Waals surface area (Å²) < 4.78 is 0. The largest absolute Gasteiger partial charge is 0.464 e. The van der Waals surface area contributed by atoms with Gasteiger partial charge in [0.1, 0.15) is 0 Å². The summed E-state index contributed by atoms with van der Waals surface area (Å²) in [5.41, 5.74) is 1.44. The van der Waals surface area contributed by atoms with Crippen LogP contribution in [0.3, 0.4) is 0 Å². The molecule has 0 aliphatic rings. The summed E-state index contributed by atoms with van der Waals surface area (Å²) >= 11 is 0. The summed E-state index contributed by atoms with van der Waals surface area (Å²) in [4.78, 5) is 9.13. The molecule has 4 nitrogen and oxygen atoms in total. The monoisotopic (exact) mass is 139 g/mol. The van der Waals surface area contributed by atoms with Crippen molar-refractivity contribution < 1.29 is 27.0 Å². The van der Waals surface area contributed by atoms with Crippen molar-refractivity contribution in [1.82, 2.24) is 5.43 Å². The van der Waals surface area contributed by atoms with Crippen LogP contribution in [0.5, 0.6) is 0 Å². The number of nitrogens with one attached hydrogen (secondary N) is 1. The van der Waals surface area contributed by atoms with Crippen LogP contribution in [0.2, 0.25) is 0 Å². The van der Waals surface area contributed by atoms with Gasteiger partial charge in [0.25, 0.3) is 0 Å². The van der Waals surface area contributed by atoms with Crippen LogP contribution in [0.15, 0.2) is 0 Å². The third-order valence-electron chi connectivity index (χ3n) is 0.123. The first-order chi connectivity index (χ1) is 2.27. The molecule has 0 aromatic rings. The van der Waals surface area contributed by atoms with E-state index in [0.717, 1.165) is 0 Å². The molecule has 0 fully saturated rings. The Balaban J connectivity index is 0. The molecule has 0 atom stereocenters. The van der Waals surface area contributed by atoms with E-state index in [0.29, 0.717) is 0 Å². The summed E-state index contributed by atoms with van der Waals surface area (Å²) in [5.74, 6) is 4.32. The molecule has 0 rings (SSSR count). The summed E-state index contributed by atoms with van der Waals surface area (Å²) in [6, 6.07) is 0. The molecule has 0 bridgehead atoms. The quantitative estimate of drug-likeness (QED) is 0.177. The third kappa shape index (κ3) is 9.26. The number of hydrazine groups is 1. The topological polar surface area (TPSA) is 75.3 Å². The molecule has 0 saturated carbocycles. The predicted octanol–water partition coefficient (Wildman–Crippen LogP) is -0.875. The van der Waals surface area contributed by atoms with Gasteiger partial charge in [-0.05, 0) is 0 Å².